The van der Waals surface area contributed by atoms with Crippen LogP contribution in [-0.4, -0.2) is 42.9 Å². The summed E-state index contributed by atoms with van der Waals surface area (Å²) in [6.45, 7) is 9.89. The molecule has 128 valence electrons. The highest BCUT2D eigenvalue weighted by Crippen LogP contribution is 2.09. The van der Waals surface area contributed by atoms with Crippen molar-refractivity contribution in [2.45, 2.75) is 40.3 Å². The molecule has 1 aromatic rings. The summed E-state index contributed by atoms with van der Waals surface area (Å²) in [6.07, 6.45) is 0. The molecule has 0 spiro atoms. The lowest BCUT2D eigenvalue weighted by molar-refractivity contribution is -0.133. The first-order valence-corrected chi connectivity index (χ1v) is 8.20. The first-order valence-electron chi connectivity index (χ1n) is 8.20. The predicted octanol–water partition coefficient (Wildman–Crippen LogP) is 2.03. The maximum atomic E-state index is 12.1. The van der Waals surface area contributed by atoms with Crippen molar-refractivity contribution in [1.29, 1.82) is 0 Å². The van der Waals surface area contributed by atoms with E-state index >= 15 is 0 Å². The summed E-state index contributed by atoms with van der Waals surface area (Å²) in [5, 5.41) is 6.16. The highest BCUT2D eigenvalue weighted by Gasteiger charge is 2.13. The molecule has 0 saturated heterocycles. The number of nitrogens with zero attached hydrogens (tertiary/aromatic N) is 1. The quantitative estimate of drug-likeness (QED) is 0.771. The van der Waals surface area contributed by atoms with Gasteiger partial charge in [-0.3, -0.25) is 9.59 Å². The molecular formula is C18H29N3O2. The van der Waals surface area contributed by atoms with E-state index in [1.54, 1.807) is 24.1 Å². The predicted molar refractivity (Wildman–Crippen MR) is 93.2 cm³/mol. The molecule has 0 aliphatic carbocycles. The largest absolute Gasteiger partial charge is 0.350 e. The van der Waals surface area contributed by atoms with Crippen molar-refractivity contribution in [2.24, 2.45) is 5.92 Å². The average Bonchev–Trinajstić information content (AvgIpc) is 2.52. The Morgan fingerprint density at radius 2 is 1.74 bits per heavy atom. The van der Waals surface area contributed by atoms with Crippen LogP contribution in [0.1, 0.15) is 43.6 Å². The molecule has 1 aromatic carbocycles. The number of carbonyl (C=O) groups excluding carboxylic acids is 2. The Hall–Kier alpha value is -1.88. The van der Waals surface area contributed by atoms with Gasteiger partial charge >= 0.3 is 0 Å². The summed E-state index contributed by atoms with van der Waals surface area (Å²) < 4.78 is 0. The molecule has 0 aromatic heterocycles. The molecule has 1 rings (SSSR count). The van der Waals surface area contributed by atoms with Gasteiger partial charge in [0.1, 0.15) is 0 Å². The zero-order valence-electron chi connectivity index (χ0n) is 14.8. The van der Waals surface area contributed by atoms with Gasteiger partial charge in [-0.1, -0.05) is 32.9 Å². The maximum Gasteiger partial charge on any atom is 0.251 e. The minimum atomic E-state index is -0.0760. The molecule has 23 heavy (non-hydrogen) atoms. The molecule has 0 heterocycles. The summed E-state index contributed by atoms with van der Waals surface area (Å²) in [5.74, 6) is 0.0286. The Balaban J connectivity index is 2.55. The third-order valence-electron chi connectivity index (χ3n) is 3.63. The number of hydrogen-bond donors (Lipinski definition) is 2. The fourth-order valence-corrected chi connectivity index (χ4v) is 2.32. The van der Waals surface area contributed by atoms with E-state index in [1.807, 2.05) is 39.8 Å². The second-order valence-electron chi connectivity index (χ2n) is 6.21. The molecule has 0 radical (unpaired) electrons. The number of carbonyl (C=O) groups is 2. The van der Waals surface area contributed by atoms with E-state index in [2.05, 4.69) is 10.6 Å². The topological polar surface area (TPSA) is 61.4 Å². The summed E-state index contributed by atoms with van der Waals surface area (Å²) in [5.41, 5.74) is 1.65. The van der Waals surface area contributed by atoms with E-state index in [0.29, 0.717) is 18.7 Å². The molecule has 0 saturated carbocycles. The van der Waals surface area contributed by atoms with Crippen LogP contribution in [0.4, 0.5) is 0 Å². The molecule has 0 fully saturated rings. The second-order valence-corrected chi connectivity index (χ2v) is 6.21. The van der Waals surface area contributed by atoms with Gasteiger partial charge in [0.2, 0.25) is 5.91 Å². The Bertz CT molecular complexity index is 512. The first kappa shape index (κ1) is 19.2. The number of hydrogen-bond acceptors (Lipinski definition) is 3. The van der Waals surface area contributed by atoms with Gasteiger partial charge < -0.3 is 15.5 Å². The summed E-state index contributed by atoms with van der Waals surface area (Å²) in [6, 6.07) is 7.64. The Morgan fingerprint density at radius 3 is 2.26 bits per heavy atom. The molecular weight excluding hydrogens is 290 g/mol. The Morgan fingerprint density at radius 1 is 1.13 bits per heavy atom. The van der Waals surface area contributed by atoms with Crippen LogP contribution in [0.2, 0.25) is 0 Å². The van der Waals surface area contributed by atoms with Crippen molar-refractivity contribution in [3.8, 4) is 0 Å². The van der Waals surface area contributed by atoms with Crippen LogP contribution in [-0.2, 0) is 11.3 Å². The van der Waals surface area contributed by atoms with Crippen LogP contribution >= 0.6 is 0 Å². The van der Waals surface area contributed by atoms with Gasteiger partial charge in [-0.15, -0.1) is 0 Å². The lowest BCUT2D eigenvalue weighted by Gasteiger charge is -2.19. The van der Waals surface area contributed by atoms with Gasteiger partial charge in [0.25, 0.3) is 5.91 Å². The molecule has 5 heteroatoms. The molecule has 0 unspecified atom stereocenters. The maximum absolute atomic E-state index is 12.1. The fourth-order valence-electron chi connectivity index (χ4n) is 2.32. The highest BCUT2D eigenvalue weighted by atomic mass is 16.2. The van der Waals surface area contributed by atoms with E-state index in [1.165, 1.54) is 0 Å². The van der Waals surface area contributed by atoms with Crippen LogP contribution in [0.5, 0.6) is 0 Å². The number of nitrogens with one attached hydrogen (secondary N) is 2. The van der Waals surface area contributed by atoms with Crippen LogP contribution in [0.25, 0.3) is 0 Å². The number of rotatable bonds is 8. The number of amides is 2. The molecule has 1 atom stereocenters. The summed E-state index contributed by atoms with van der Waals surface area (Å²) in [4.78, 5) is 25.7. The summed E-state index contributed by atoms with van der Waals surface area (Å²) in [7, 11) is 1.80. The lowest BCUT2D eigenvalue weighted by atomic mass is 10.1. The Kier molecular flexibility index (Phi) is 7.75. The van der Waals surface area contributed by atoms with E-state index in [0.717, 1.165) is 12.1 Å². The summed E-state index contributed by atoms with van der Waals surface area (Å²) >= 11 is 0. The zero-order valence-corrected chi connectivity index (χ0v) is 14.8. The molecule has 2 amide bonds. The average molecular weight is 319 g/mol. The molecule has 0 aliphatic heterocycles. The third-order valence-corrected chi connectivity index (χ3v) is 3.63. The molecule has 2 N–H and O–H groups in total. The van der Waals surface area contributed by atoms with Gasteiger partial charge in [0.05, 0.1) is 0 Å². The molecule has 5 nitrogen and oxygen atoms in total. The zero-order chi connectivity index (χ0) is 17.4. The number of benzene rings is 1. The minimum Gasteiger partial charge on any atom is -0.350 e. The standard InChI is InChI=1S/C18H29N3O2/c1-6-19-14(4)11-20-17(22)16-9-7-15(8-10-16)12-21(5)18(23)13(2)3/h7-10,13-14,19H,6,11-12H2,1-5H3,(H,20,22)/t14-/m1/s1. The van der Waals surface area contributed by atoms with Gasteiger partial charge in [-0.05, 0) is 31.2 Å². The van der Waals surface area contributed by atoms with Gasteiger partial charge in [-0.2, -0.15) is 0 Å². The minimum absolute atomic E-state index is 0.0104. The lowest BCUT2D eigenvalue weighted by Crippen LogP contribution is -2.38. The van der Waals surface area contributed by atoms with Crippen LogP contribution in [0, 0.1) is 5.92 Å². The SMILES string of the molecule is CCN[C@H](C)CNC(=O)c1ccc(CN(C)C(=O)C(C)C)cc1. The van der Waals surface area contributed by atoms with E-state index in [-0.39, 0.29) is 23.8 Å². The van der Waals surface area contributed by atoms with E-state index < -0.39 is 0 Å². The van der Waals surface area contributed by atoms with Crippen molar-refractivity contribution >= 4 is 11.8 Å². The smallest absolute Gasteiger partial charge is 0.251 e. The molecule has 0 aliphatic rings. The van der Waals surface area contributed by atoms with Gasteiger partial charge in [0, 0.05) is 37.7 Å². The van der Waals surface area contributed by atoms with Crippen LogP contribution in [0.15, 0.2) is 24.3 Å². The van der Waals surface area contributed by atoms with Crippen LogP contribution < -0.4 is 10.6 Å². The number of likely N-dealkylation sites (N-methyl/N-ethyl adjacent to an activating group) is 1. The van der Waals surface area contributed by atoms with E-state index in [9.17, 15) is 9.59 Å². The Labute approximate surface area is 139 Å². The van der Waals surface area contributed by atoms with E-state index in [4.69, 9.17) is 0 Å². The monoisotopic (exact) mass is 319 g/mol. The van der Waals surface area contributed by atoms with Crippen molar-refractivity contribution in [3.05, 3.63) is 35.4 Å². The van der Waals surface area contributed by atoms with Crippen molar-refractivity contribution < 1.29 is 9.59 Å². The van der Waals surface area contributed by atoms with Crippen LogP contribution in [0.3, 0.4) is 0 Å². The third kappa shape index (κ3) is 6.40. The highest BCUT2D eigenvalue weighted by molar-refractivity contribution is 5.94. The second kappa shape index (κ2) is 9.30. The van der Waals surface area contributed by atoms with Crippen molar-refractivity contribution in [1.82, 2.24) is 15.5 Å². The van der Waals surface area contributed by atoms with Gasteiger partial charge in [0.15, 0.2) is 0 Å². The van der Waals surface area contributed by atoms with Crippen molar-refractivity contribution in [3.63, 3.8) is 0 Å². The molecule has 0 bridgehead atoms. The normalized spacial score (nSPS) is 12.1. The van der Waals surface area contributed by atoms with Crippen molar-refractivity contribution in [2.75, 3.05) is 20.1 Å². The first-order chi connectivity index (χ1) is 10.8. The fraction of sp³-hybridized carbons (Fsp3) is 0.556. The van der Waals surface area contributed by atoms with Gasteiger partial charge in [-0.25, -0.2) is 0 Å².